The molecule has 0 spiro atoms. The highest BCUT2D eigenvalue weighted by Gasteiger charge is 2.32. The molecule has 1 saturated heterocycles. The first-order chi connectivity index (χ1) is 25.3. The highest BCUT2D eigenvalue weighted by Crippen LogP contribution is 2.24. The van der Waals surface area contributed by atoms with Crippen LogP contribution in [0.1, 0.15) is 106 Å². The van der Waals surface area contributed by atoms with Crippen LogP contribution in [0.15, 0.2) is 48.5 Å². The van der Waals surface area contributed by atoms with Gasteiger partial charge in [-0.05, 0) is 81.3 Å². The monoisotopic (exact) mass is 770 g/mol. The number of amides is 4. The Morgan fingerprint density at radius 3 is 2.06 bits per heavy atom. The standard InChI is InChI=1S/C40H62N6O7S/c1-10-46-18-14-17-32(46)24-41-40(51)36(26(4)5)44-37(48)27(6)20-35(47)34(19-25(2)3)43-39(50)31-21-30(22-33(23-31)45(8)54(9,52)53)38(49)42-28(7)29-15-12-11-13-16-29/h11-13,15-16,21-23,25-28,32,34-36,47H,10,14,17-20,24H2,1-9H3,(H,41,51)(H,42,49)(H,43,50)(H,44,48). The fourth-order valence-corrected chi connectivity index (χ4v) is 7.25. The topological polar surface area (TPSA) is 177 Å². The zero-order valence-electron chi connectivity index (χ0n) is 33.4. The lowest BCUT2D eigenvalue weighted by Crippen LogP contribution is -2.53. The lowest BCUT2D eigenvalue weighted by atomic mass is 9.91. The van der Waals surface area contributed by atoms with Gasteiger partial charge in [-0.2, -0.15) is 0 Å². The van der Waals surface area contributed by atoms with Crippen molar-refractivity contribution in [3.63, 3.8) is 0 Å². The summed E-state index contributed by atoms with van der Waals surface area (Å²) in [5.41, 5.74) is 1.09. The van der Waals surface area contributed by atoms with E-state index in [-0.39, 0.29) is 59.0 Å². The van der Waals surface area contributed by atoms with E-state index in [0.29, 0.717) is 13.0 Å². The van der Waals surface area contributed by atoms with Crippen LogP contribution in [-0.2, 0) is 19.6 Å². The molecule has 4 amide bonds. The van der Waals surface area contributed by atoms with Gasteiger partial charge in [-0.15, -0.1) is 0 Å². The second-order valence-electron chi connectivity index (χ2n) is 15.4. The van der Waals surface area contributed by atoms with E-state index in [1.54, 1.807) is 6.92 Å². The highest BCUT2D eigenvalue weighted by molar-refractivity contribution is 7.92. The summed E-state index contributed by atoms with van der Waals surface area (Å²) in [7, 11) is -2.41. The van der Waals surface area contributed by atoms with Gasteiger partial charge >= 0.3 is 0 Å². The summed E-state index contributed by atoms with van der Waals surface area (Å²) in [4.78, 5) is 56.3. The quantitative estimate of drug-likeness (QED) is 0.143. The Bertz CT molecular complexity index is 1690. The van der Waals surface area contributed by atoms with Crippen LogP contribution >= 0.6 is 0 Å². The third-order valence-corrected chi connectivity index (χ3v) is 11.4. The third kappa shape index (κ3) is 12.8. The Hall–Kier alpha value is -4.01. The number of likely N-dealkylation sites (N-methyl/N-ethyl adjacent to an activating group) is 1. The maximum Gasteiger partial charge on any atom is 0.251 e. The lowest BCUT2D eigenvalue weighted by Gasteiger charge is -2.29. The molecule has 300 valence electrons. The van der Waals surface area contributed by atoms with E-state index in [0.717, 1.165) is 42.1 Å². The molecule has 3 rings (SSSR count). The first-order valence-electron chi connectivity index (χ1n) is 19.1. The fourth-order valence-electron chi connectivity index (χ4n) is 6.76. The number of benzene rings is 2. The second-order valence-corrected chi connectivity index (χ2v) is 17.4. The SMILES string of the molecule is CCN1CCCC1CNC(=O)C(NC(=O)C(C)CC(O)C(CC(C)C)NC(=O)c1cc(C(=O)NC(C)c2ccccc2)cc(N(C)S(C)(=O)=O)c1)C(C)C. The molecular weight excluding hydrogens is 709 g/mol. The normalized spacial score (nSPS) is 17.7. The van der Waals surface area contributed by atoms with E-state index in [2.05, 4.69) is 33.1 Å². The van der Waals surface area contributed by atoms with Crippen molar-refractivity contribution >= 4 is 39.3 Å². The number of sulfonamides is 1. The van der Waals surface area contributed by atoms with Crippen molar-refractivity contribution in [3.8, 4) is 0 Å². The van der Waals surface area contributed by atoms with Gasteiger partial charge in [0.05, 0.1) is 30.1 Å². The van der Waals surface area contributed by atoms with Gasteiger partial charge in [-0.25, -0.2) is 8.42 Å². The number of nitrogens with zero attached hydrogens (tertiary/aromatic N) is 2. The van der Waals surface area contributed by atoms with Gasteiger partial charge in [-0.3, -0.25) is 28.4 Å². The second kappa shape index (κ2) is 20.1. The number of hydrogen-bond acceptors (Lipinski definition) is 8. The van der Waals surface area contributed by atoms with Crippen molar-refractivity contribution in [1.29, 1.82) is 0 Å². The number of aliphatic hydroxyl groups excluding tert-OH is 1. The molecule has 14 heteroatoms. The van der Waals surface area contributed by atoms with Crippen LogP contribution in [0, 0.1) is 17.8 Å². The number of aliphatic hydroxyl groups is 1. The maximum atomic E-state index is 13.8. The average molecular weight is 771 g/mol. The third-order valence-electron chi connectivity index (χ3n) is 10.2. The molecule has 13 nitrogen and oxygen atoms in total. The number of nitrogens with one attached hydrogen (secondary N) is 4. The van der Waals surface area contributed by atoms with E-state index < -0.39 is 45.9 Å². The first kappa shape index (κ1) is 44.4. The molecule has 1 fully saturated rings. The summed E-state index contributed by atoms with van der Waals surface area (Å²) in [5.74, 6) is -2.56. The fraction of sp³-hybridized carbons (Fsp3) is 0.600. The molecule has 6 unspecified atom stereocenters. The molecule has 2 aromatic rings. The number of hydrogen-bond donors (Lipinski definition) is 5. The summed E-state index contributed by atoms with van der Waals surface area (Å²) in [6.07, 6.45) is 2.38. The Morgan fingerprint density at radius 1 is 0.889 bits per heavy atom. The van der Waals surface area contributed by atoms with Crippen LogP contribution in [-0.4, -0.2) is 99.2 Å². The first-order valence-corrected chi connectivity index (χ1v) is 20.9. The van der Waals surface area contributed by atoms with E-state index in [9.17, 15) is 32.7 Å². The van der Waals surface area contributed by atoms with Crippen molar-refractivity contribution in [2.45, 2.75) is 104 Å². The predicted octanol–water partition coefficient (Wildman–Crippen LogP) is 3.85. The Morgan fingerprint density at radius 2 is 1.50 bits per heavy atom. The molecule has 5 N–H and O–H groups in total. The van der Waals surface area contributed by atoms with Crippen molar-refractivity contribution in [2.75, 3.05) is 37.2 Å². The van der Waals surface area contributed by atoms with E-state index in [4.69, 9.17) is 0 Å². The van der Waals surface area contributed by atoms with Crippen LogP contribution in [0.4, 0.5) is 5.69 Å². The molecule has 1 aliphatic rings. The summed E-state index contributed by atoms with van der Waals surface area (Å²) in [6, 6.07) is 11.9. The van der Waals surface area contributed by atoms with Crippen molar-refractivity contribution in [3.05, 3.63) is 65.2 Å². The van der Waals surface area contributed by atoms with Gasteiger partial charge in [0.1, 0.15) is 6.04 Å². The molecule has 2 aromatic carbocycles. The molecule has 1 aliphatic heterocycles. The number of anilines is 1. The van der Waals surface area contributed by atoms with Gasteiger partial charge in [0.15, 0.2) is 0 Å². The van der Waals surface area contributed by atoms with Crippen LogP contribution in [0.25, 0.3) is 0 Å². The summed E-state index contributed by atoms with van der Waals surface area (Å²) in [5, 5.41) is 23.2. The number of carbonyl (C=O) groups is 4. The highest BCUT2D eigenvalue weighted by atomic mass is 32.2. The van der Waals surface area contributed by atoms with Crippen molar-refractivity contribution in [1.82, 2.24) is 26.2 Å². The Kier molecular flexibility index (Phi) is 16.5. The summed E-state index contributed by atoms with van der Waals surface area (Å²) >= 11 is 0. The van der Waals surface area contributed by atoms with Crippen LogP contribution in [0.2, 0.25) is 0 Å². The van der Waals surface area contributed by atoms with Crippen LogP contribution in [0.3, 0.4) is 0 Å². The molecule has 1 heterocycles. The van der Waals surface area contributed by atoms with E-state index in [1.165, 1.54) is 25.2 Å². The Balaban J connectivity index is 1.76. The molecule has 0 aliphatic carbocycles. The van der Waals surface area contributed by atoms with Crippen LogP contribution in [0.5, 0.6) is 0 Å². The number of rotatable bonds is 19. The molecule has 0 radical (unpaired) electrons. The predicted molar refractivity (Wildman–Crippen MR) is 213 cm³/mol. The Labute approximate surface area is 322 Å². The largest absolute Gasteiger partial charge is 0.391 e. The zero-order valence-corrected chi connectivity index (χ0v) is 34.2. The van der Waals surface area contributed by atoms with Gasteiger partial charge in [0.2, 0.25) is 21.8 Å². The summed E-state index contributed by atoms with van der Waals surface area (Å²) < 4.78 is 26.0. The van der Waals surface area contributed by atoms with Crippen LogP contribution < -0.4 is 25.6 Å². The van der Waals surface area contributed by atoms with Gasteiger partial charge < -0.3 is 26.4 Å². The molecule has 6 atom stereocenters. The van der Waals surface area contributed by atoms with Gasteiger partial charge in [0, 0.05) is 36.7 Å². The maximum absolute atomic E-state index is 13.8. The lowest BCUT2D eigenvalue weighted by molar-refractivity contribution is -0.132. The molecule has 0 saturated carbocycles. The molecule has 0 aromatic heterocycles. The molecule has 54 heavy (non-hydrogen) atoms. The minimum Gasteiger partial charge on any atom is -0.391 e. The summed E-state index contributed by atoms with van der Waals surface area (Å²) in [6.45, 7) is 15.7. The van der Waals surface area contributed by atoms with E-state index in [1.807, 2.05) is 65.0 Å². The number of likely N-dealkylation sites (tertiary alicyclic amines) is 1. The van der Waals surface area contributed by atoms with Crippen molar-refractivity contribution < 1.29 is 32.7 Å². The van der Waals surface area contributed by atoms with Gasteiger partial charge in [0.25, 0.3) is 11.8 Å². The average Bonchev–Trinajstić information content (AvgIpc) is 3.59. The minimum absolute atomic E-state index is 0.00531. The number of carbonyl (C=O) groups excluding carboxylic acids is 4. The minimum atomic E-state index is -3.75. The molecule has 0 bridgehead atoms. The smallest absolute Gasteiger partial charge is 0.251 e. The van der Waals surface area contributed by atoms with Gasteiger partial charge in [-0.1, -0.05) is 71.9 Å². The molecular formula is C40H62N6O7S. The van der Waals surface area contributed by atoms with Crippen molar-refractivity contribution in [2.24, 2.45) is 17.8 Å². The zero-order chi connectivity index (χ0) is 40.3. The van der Waals surface area contributed by atoms with E-state index >= 15 is 0 Å².